The van der Waals surface area contributed by atoms with E-state index in [1.807, 2.05) is 13.2 Å². The van der Waals surface area contributed by atoms with Crippen LogP contribution in [0.4, 0.5) is 0 Å². The molecule has 1 saturated heterocycles. The quantitative estimate of drug-likeness (QED) is 0.916. The van der Waals surface area contributed by atoms with Gasteiger partial charge in [0.2, 0.25) is 0 Å². The van der Waals surface area contributed by atoms with Gasteiger partial charge in [0, 0.05) is 44.5 Å². The van der Waals surface area contributed by atoms with Crippen molar-refractivity contribution in [3.8, 4) is 0 Å². The molecule has 0 saturated carbocycles. The van der Waals surface area contributed by atoms with Gasteiger partial charge in [-0.25, -0.2) is 0 Å². The molecule has 1 N–H and O–H groups in total. The molecule has 1 aliphatic heterocycles. The van der Waals surface area contributed by atoms with Gasteiger partial charge in [0.15, 0.2) is 0 Å². The fourth-order valence-corrected chi connectivity index (χ4v) is 3.02. The van der Waals surface area contributed by atoms with Gasteiger partial charge < -0.3 is 5.32 Å². The minimum absolute atomic E-state index is 0.198. The Labute approximate surface area is 122 Å². The first kappa shape index (κ1) is 15.4. The molecule has 2 rings (SSSR count). The minimum Gasteiger partial charge on any atom is -0.309 e. The van der Waals surface area contributed by atoms with Crippen LogP contribution >= 0.6 is 0 Å². The summed E-state index contributed by atoms with van der Waals surface area (Å²) in [4.78, 5) is 2.57. The number of aromatic nitrogens is 3. The molecule has 0 amide bonds. The Kier molecular flexibility index (Phi) is 4.21. The molecule has 1 aromatic heterocycles. The third kappa shape index (κ3) is 3.38. The van der Waals surface area contributed by atoms with Crippen LogP contribution in [0, 0.1) is 5.41 Å². The fraction of sp³-hybridized carbons (Fsp3) is 0.867. The summed E-state index contributed by atoms with van der Waals surface area (Å²) >= 11 is 0. The maximum Gasteiger partial charge on any atom is 0.0967 e. The third-order valence-corrected chi connectivity index (χ3v) is 4.51. The van der Waals surface area contributed by atoms with Crippen LogP contribution in [0.3, 0.4) is 0 Å². The van der Waals surface area contributed by atoms with Crippen LogP contribution in [-0.2, 0) is 13.6 Å². The molecule has 2 atom stereocenters. The summed E-state index contributed by atoms with van der Waals surface area (Å²) in [5.41, 5.74) is 1.51. The van der Waals surface area contributed by atoms with E-state index in [2.05, 4.69) is 55.1 Å². The van der Waals surface area contributed by atoms with E-state index in [1.165, 1.54) is 0 Å². The van der Waals surface area contributed by atoms with Gasteiger partial charge in [-0.05, 0) is 18.8 Å². The molecular weight excluding hydrogens is 250 g/mol. The number of rotatable bonds is 3. The van der Waals surface area contributed by atoms with Crippen molar-refractivity contribution in [2.24, 2.45) is 12.5 Å². The number of nitrogens with one attached hydrogen (secondary N) is 1. The Balaban J connectivity index is 2.17. The van der Waals surface area contributed by atoms with Crippen LogP contribution in [0.2, 0.25) is 0 Å². The molecule has 0 bridgehead atoms. The molecule has 114 valence electrons. The lowest BCUT2D eigenvalue weighted by molar-refractivity contribution is 0.0196. The Bertz CT molecular complexity index is 447. The van der Waals surface area contributed by atoms with Gasteiger partial charge in [-0.15, -0.1) is 5.10 Å². The number of hydrogen-bond donors (Lipinski definition) is 1. The summed E-state index contributed by atoms with van der Waals surface area (Å²) in [6.07, 6.45) is 3.16. The van der Waals surface area contributed by atoms with Gasteiger partial charge in [-0.2, -0.15) is 0 Å². The molecular formula is C15H29N5. The number of piperazine rings is 1. The second-order valence-corrected chi connectivity index (χ2v) is 7.47. The highest BCUT2D eigenvalue weighted by molar-refractivity contribution is 5.01. The topological polar surface area (TPSA) is 46.0 Å². The maximum atomic E-state index is 4.25. The smallest absolute Gasteiger partial charge is 0.0967 e. The predicted octanol–water partition coefficient (Wildman–Crippen LogP) is 1.80. The van der Waals surface area contributed by atoms with Gasteiger partial charge in [-0.3, -0.25) is 9.58 Å². The highest BCUT2D eigenvalue weighted by Gasteiger charge is 2.39. The summed E-state index contributed by atoms with van der Waals surface area (Å²) in [5.74, 6) is 0. The summed E-state index contributed by atoms with van der Waals surface area (Å²) < 4.78 is 1.78. The van der Waals surface area contributed by atoms with Crippen LogP contribution in [0.1, 0.15) is 46.7 Å². The van der Waals surface area contributed by atoms with Gasteiger partial charge in [0.25, 0.3) is 0 Å². The van der Waals surface area contributed by atoms with Gasteiger partial charge in [-0.1, -0.05) is 32.9 Å². The maximum absolute atomic E-state index is 4.25. The highest BCUT2D eigenvalue weighted by atomic mass is 15.4. The first-order valence-electron chi connectivity index (χ1n) is 7.58. The zero-order chi connectivity index (χ0) is 15.0. The fourth-order valence-electron chi connectivity index (χ4n) is 3.02. The SMILES string of the molecule is CCC1(C)CN(Cc2cn(C)nn2)C(C(C)(C)C)CN1. The van der Waals surface area contributed by atoms with Gasteiger partial charge in [0.05, 0.1) is 5.69 Å². The first-order chi connectivity index (χ1) is 9.23. The zero-order valence-corrected chi connectivity index (χ0v) is 13.8. The van der Waals surface area contributed by atoms with E-state index in [-0.39, 0.29) is 11.0 Å². The van der Waals surface area contributed by atoms with Crippen molar-refractivity contribution in [3.63, 3.8) is 0 Å². The summed E-state index contributed by atoms with van der Waals surface area (Å²) in [7, 11) is 1.92. The van der Waals surface area contributed by atoms with Gasteiger partial charge in [0.1, 0.15) is 0 Å². The number of aryl methyl sites for hydroxylation is 1. The molecule has 0 radical (unpaired) electrons. The molecule has 5 nitrogen and oxygen atoms in total. The standard InChI is InChI=1S/C15H29N5/c1-7-15(5)11-20(10-12-9-19(6)18-17-12)13(8-16-15)14(2,3)4/h9,13,16H,7-8,10-11H2,1-6H3. The Morgan fingerprint density at radius 2 is 2.15 bits per heavy atom. The highest BCUT2D eigenvalue weighted by Crippen LogP contribution is 2.30. The monoisotopic (exact) mass is 279 g/mol. The van der Waals surface area contributed by atoms with E-state index in [1.54, 1.807) is 4.68 Å². The van der Waals surface area contributed by atoms with Gasteiger partial charge >= 0.3 is 0 Å². The Morgan fingerprint density at radius 3 is 2.65 bits per heavy atom. The Hall–Kier alpha value is -0.940. The van der Waals surface area contributed by atoms with Crippen LogP contribution < -0.4 is 5.32 Å². The van der Waals surface area contributed by atoms with Crippen molar-refractivity contribution >= 4 is 0 Å². The van der Waals surface area contributed by atoms with Crippen molar-refractivity contribution in [3.05, 3.63) is 11.9 Å². The van der Waals surface area contributed by atoms with Crippen molar-refractivity contribution in [2.45, 2.75) is 59.2 Å². The molecule has 1 fully saturated rings. The average molecular weight is 279 g/mol. The van der Waals surface area contributed by atoms with Crippen molar-refractivity contribution < 1.29 is 0 Å². The van der Waals surface area contributed by atoms with Crippen molar-refractivity contribution in [2.75, 3.05) is 13.1 Å². The molecule has 5 heteroatoms. The van der Waals surface area contributed by atoms with E-state index in [0.29, 0.717) is 6.04 Å². The molecule has 1 aliphatic rings. The summed E-state index contributed by atoms with van der Waals surface area (Å²) in [6.45, 7) is 14.5. The van der Waals surface area contributed by atoms with Crippen molar-refractivity contribution in [1.82, 2.24) is 25.2 Å². The van der Waals surface area contributed by atoms with E-state index in [9.17, 15) is 0 Å². The predicted molar refractivity (Wildman–Crippen MR) is 81.4 cm³/mol. The lowest BCUT2D eigenvalue weighted by atomic mass is 9.81. The second kappa shape index (κ2) is 5.45. The molecule has 2 heterocycles. The van der Waals surface area contributed by atoms with E-state index in [4.69, 9.17) is 0 Å². The van der Waals surface area contributed by atoms with E-state index < -0.39 is 0 Å². The lowest BCUT2D eigenvalue weighted by Crippen LogP contribution is -2.65. The largest absolute Gasteiger partial charge is 0.309 e. The summed E-state index contributed by atoms with van der Waals surface area (Å²) in [6, 6.07) is 0.518. The third-order valence-electron chi connectivity index (χ3n) is 4.51. The van der Waals surface area contributed by atoms with Crippen molar-refractivity contribution in [1.29, 1.82) is 0 Å². The van der Waals surface area contributed by atoms with Crippen LogP contribution in [0.25, 0.3) is 0 Å². The number of hydrogen-bond acceptors (Lipinski definition) is 4. The zero-order valence-electron chi connectivity index (χ0n) is 13.8. The molecule has 2 unspecified atom stereocenters. The molecule has 20 heavy (non-hydrogen) atoms. The number of nitrogens with zero attached hydrogens (tertiary/aromatic N) is 4. The van der Waals surface area contributed by atoms with Crippen LogP contribution in [-0.4, -0.2) is 44.6 Å². The Morgan fingerprint density at radius 1 is 1.45 bits per heavy atom. The normalized spacial score (nSPS) is 28.8. The first-order valence-corrected chi connectivity index (χ1v) is 7.58. The molecule has 1 aromatic rings. The second-order valence-electron chi connectivity index (χ2n) is 7.47. The van der Waals surface area contributed by atoms with E-state index >= 15 is 0 Å². The molecule has 0 spiro atoms. The molecule has 0 aliphatic carbocycles. The van der Waals surface area contributed by atoms with Crippen LogP contribution in [0.15, 0.2) is 6.20 Å². The minimum atomic E-state index is 0.198. The summed E-state index contributed by atoms with van der Waals surface area (Å²) in [5, 5.41) is 12.0. The molecule has 0 aromatic carbocycles. The van der Waals surface area contributed by atoms with Crippen LogP contribution in [0.5, 0.6) is 0 Å². The lowest BCUT2D eigenvalue weighted by Gasteiger charge is -2.50. The average Bonchev–Trinajstić information content (AvgIpc) is 2.73. The van der Waals surface area contributed by atoms with E-state index in [0.717, 1.165) is 31.7 Å².